The van der Waals surface area contributed by atoms with Crippen LogP contribution in [0.25, 0.3) is 11.1 Å². The highest BCUT2D eigenvalue weighted by atomic mass is 16.5. The van der Waals surface area contributed by atoms with Gasteiger partial charge in [0, 0.05) is 7.05 Å². The highest BCUT2D eigenvalue weighted by Gasteiger charge is 2.23. The summed E-state index contributed by atoms with van der Waals surface area (Å²) in [7, 11) is 1.58. The second kappa shape index (κ2) is 7.30. The molecule has 2 aromatic heterocycles. The lowest BCUT2D eigenvalue weighted by atomic mass is 10.3. The Morgan fingerprint density at radius 3 is 2.73 bits per heavy atom. The van der Waals surface area contributed by atoms with Gasteiger partial charge in [0.25, 0.3) is 5.91 Å². The predicted octanol–water partition coefficient (Wildman–Crippen LogP) is 1.95. The third kappa shape index (κ3) is 3.53. The minimum Gasteiger partial charge on any atom is -0.467 e. The van der Waals surface area contributed by atoms with Crippen LogP contribution in [0.2, 0.25) is 0 Å². The van der Waals surface area contributed by atoms with Crippen molar-refractivity contribution < 1.29 is 23.2 Å². The number of furan rings is 1. The highest BCUT2D eigenvalue weighted by molar-refractivity contribution is 5.83. The molecule has 0 aliphatic carbocycles. The molecular weight excluding hydrogens is 340 g/mol. The number of fused-ring (bicyclic) bond motifs is 1. The number of ether oxygens (including phenoxy) is 1. The summed E-state index contributed by atoms with van der Waals surface area (Å²) in [6.07, 6.45) is 1.52. The van der Waals surface area contributed by atoms with Crippen molar-refractivity contribution in [2.24, 2.45) is 0 Å². The molecule has 0 saturated carbocycles. The molecule has 2 heterocycles. The van der Waals surface area contributed by atoms with E-state index in [-0.39, 0.29) is 12.5 Å². The van der Waals surface area contributed by atoms with Gasteiger partial charge in [0.2, 0.25) is 0 Å². The first kappa shape index (κ1) is 17.5. The third-order valence-corrected chi connectivity index (χ3v) is 3.98. The molecule has 1 atom stereocenters. The Balaban J connectivity index is 1.63. The minimum absolute atomic E-state index is 0.269. The maximum atomic E-state index is 12.3. The fourth-order valence-corrected chi connectivity index (χ4v) is 2.54. The Labute approximate surface area is 148 Å². The van der Waals surface area contributed by atoms with Crippen LogP contribution in [0.5, 0.6) is 0 Å². The number of carbonyl (C=O) groups excluding carboxylic acids is 2. The zero-order chi connectivity index (χ0) is 18.7. The van der Waals surface area contributed by atoms with Crippen molar-refractivity contribution in [3.8, 4) is 0 Å². The summed E-state index contributed by atoms with van der Waals surface area (Å²) in [4.78, 5) is 37.7. The number of aromatic nitrogens is 1. The summed E-state index contributed by atoms with van der Waals surface area (Å²) in [5.74, 6) is -1.11. The van der Waals surface area contributed by atoms with Gasteiger partial charge < -0.3 is 18.5 Å². The Bertz CT molecular complexity index is 969. The predicted molar refractivity (Wildman–Crippen MR) is 91.3 cm³/mol. The van der Waals surface area contributed by atoms with Gasteiger partial charge in [-0.1, -0.05) is 12.1 Å². The molecule has 136 valence electrons. The molecule has 1 unspecified atom stereocenters. The number of para-hydroxylation sites is 2. The van der Waals surface area contributed by atoms with Crippen molar-refractivity contribution in [2.75, 3.05) is 13.7 Å². The van der Waals surface area contributed by atoms with Crippen LogP contribution in [-0.2, 0) is 20.9 Å². The van der Waals surface area contributed by atoms with Crippen LogP contribution in [0.15, 0.2) is 56.3 Å². The summed E-state index contributed by atoms with van der Waals surface area (Å²) < 4.78 is 16.6. The van der Waals surface area contributed by atoms with E-state index in [0.717, 1.165) is 0 Å². The van der Waals surface area contributed by atoms with Crippen molar-refractivity contribution in [2.45, 2.75) is 19.5 Å². The van der Waals surface area contributed by atoms with Crippen LogP contribution in [0, 0.1) is 0 Å². The van der Waals surface area contributed by atoms with Gasteiger partial charge >= 0.3 is 11.7 Å². The van der Waals surface area contributed by atoms with Gasteiger partial charge in [-0.15, -0.1) is 0 Å². The SMILES string of the molecule is CC(C(=O)OCC(=O)N(C)Cc1ccco1)n1c(=O)oc2ccccc21. The first-order chi connectivity index (χ1) is 12.5. The lowest BCUT2D eigenvalue weighted by molar-refractivity contribution is -0.154. The summed E-state index contributed by atoms with van der Waals surface area (Å²) in [6, 6.07) is 9.32. The zero-order valence-corrected chi connectivity index (χ0v) is 14.4. The summed E-state index contributed by atoms with van der Waals surface area (Å²) in [5.41, 5.74) is 0.870. The van der Waals surface area contributed by atoms with Gasteiger partial charge in [-0.05, 0) is 31.2 Å². The Morgan fingerprint density at radius 2 is 2.00 bits per heavy atom. The molecule has 0 bridgehead atoms. The van der Waals surface area contributed by atoms with Crippen molar-refractivity contribution in [1.29, 1.82) is 0 Å². The fraction of sp³-hybridized carbons (Fsp3) is 0.278. The van der Waals surface area contributed by atoms with Crippen molar-refractivity contribution in [3.05, 3.63) is 59.0 Å². The van der Waals surface area contributed by atoms with E-state index in [4.69, 9.17) is 13.6 Å². The number of nitrogens with zero attached hydrogens (tertiary/aromatic N) is 2. The van der Waals surface area contributed by atoms with Crippen molar-refractivity contribution >= 4 is 23.0 Å². The van der Waals surface area contributed by atoms with Crippen LogP contribution in [0.4, 0.5) is 0 Å². The normalized spacial score (nSPS) is 12.1. The maximum absolute atomic E-state index is 12.3. The number of hydrogen-bond donors (Lipinski definition) is 0. The van der Waals surface area contributed by atoms with Gasteiger partial charge in [0.05, 0.1) is 18.3 Å². The number of oxazole rings is 1. The first-order valence-electron chi connectivity index (χ1n) is 8.00. The van der Waals surface area contributed by atoms with E-state index in [9.17, 15) is 14.4 Å². The zero-order valence-electron chi connectivity index (χ0n) is 14.4. The summed E-state index contributed by atoms with van der Waals surface area (Å²) in [6.45, 7) is 1.36. The van der Waals surface area contributed by atoms with E-state index in [1.54, 1.807) is 43.4 Å². The van der Waals surface area contributed by atoms with Crippen LogP contribution < -0.4 is 5.76 Å². The summed E-state index contributed by atoms with van der Waals surface area (Å²) in [5, 5.41) is 0. The smallest absolute Gasteiger partial charge is 0.420 e. The second-order valence-corrected chi connectivity index (χ2v) is 5.82. The quantitative estimate of drug-likeness (QED) is 0.625. The second-order valence-electron chi connectivity index (χ2n) is 5.82. The molecule has 3 aromatic rings. The molecule has 0 fully saturated rings. The van der Waals surface area contributed by atoms with E-state index in [0.29, 0.717) is 16.9 Å². The van der Waals surface area contributed by atoms with Crippen LogP contribution in [0.1, 0.15) is 18.7 Å². The van der Waals surface area contributed by atoms with Gasteiger partial charge in [0.15, 0.2) is 12.2 Å². The number of esters is 1. The molecular formula is C18H18N2O6. The Kier molecular flexibility index (Phi) is 4.92. The largest absolute Gasteiger partial charge is 0.467 e. The van der Waals surface area contributed by atoms with Gasteiger partial charge in [-0.3, -0.25) is 9.36 Å². The lowest BCUT2D eigenvalue weighted by Crippen LogP contribution is -2.33. The fourth-order valence-electron chi connectivity index (χ4n) is 2.54. The van der Waals surface area contributed by atoms with Gasteiger partial charge in [-0.2, -0.15) is 0 Å². The van der Waals surface area contributed by atoms with Crippen molar-refractivity contribution in [3.63, 3.8) is 0 Å². The summed E-state index contributed by atoms with van der Waals surface area (Å²) >= 11 is 0. The van der Waals surface area contributed by atoms with E-state index in [1.165, 1.54) is 22.7 Å². The standard InChI is InChI=1S/C18H18N2O6/c1-12(20-14-7-3-4-8-15(14)26-18(20)23)17(22)25-11-16(21)19(2)10-13-6-5-9-24-13/h3-9,12H,10-11H2,1-2H3. The molecule has 0 spiro atoms. The number of amides is 1. The van der Waals surface area contributed by atoms with Crippen LogP contribution in [-0.4, -0.2) is 35.0 Å². The molecule has 8 nitrogen and oxygen atoms in total. The molecule has 0 saturated heterocycles. The van der Waals surface area contributed by atoms with E-state index >= 15 is 0 Å². The topological polar surface area (TPSA) is 94.9 Å². The number of rotatable bonds is 6. The van der Waals surface area contributed by atoms with Crippen molar-refractivity contribution in [1.82, 2.24) is 9.47 Å². The number of benzene rings is 1. The first-order valence-corrected chi connectivity index (χ1v) is 8.00. The highest BCUT2D eigenvalue weighted by Crippen LogP contribution is 2.17. The lowest BCUT2D eigenvalue weighted by Gasteiger charge is -2.17. The number of carbonyl (C=O) groups is 2. The third-order valence-electron chi connectivity index (χ3n) is 3.98. The molecule has 0 radical (unpaired) electrons. The molecule has 1 amide bonds. The molecule has 0 aliphatic rings. The van der Waals surface area contributed by atoms with E-state index in [1.807, 2.05) is 0 Å². The average Bonchev–Trinajstić information content (AvgIpc) is 3.25. The monoisotopic (exact) mass is 358 g/mol. The van der Waals surface area contributed by atoms with Gasteiger partial charge in [0.1, 0.15) is 11.8 Å². The van der Waals surface area contributed by atoms with E-state index in [2.05, 4.69) is 0 Å². The van der Waals surface area contributed by atoms with Gasteiger partial charge in [-0.25, -0.2) is 9.59 Å². The average molecular weight is 358 g/mol. The molecule has 3 rings (SSSR count). The number of hydrogen-bond acceptors (Lipinski definition) is 6. The molecule has 0 N–H and O–H groups in total. The Hall–Kier alpha value is -3.29. The molecule has 8 heteroatoms. The Morgan fingerprint density at radius 1 is 1.23 bits per heavy atom. The molecule has 1 aromatic carbocycles. The van der Waals surface area contributed by atoms with E-state index < -0.39 is 24.4 Å². The van der Waals surface area contributed by atoms with Crippen LogP contribution in [0.3, 0.4) is 0 Å². The molecule has 26 heavy (non-hydrogen) atoms. The maximum Gasteiger partial charge on any atom is 0.420 e. The van der Waals surface area contributed by atoms with Crippen LogP contribution >= 0.6 is 0 Å². The molecule has 0 aliphatic heterocycles. The number of likely N-dealkylation sites (N-methyl/N-ethyl adjacent to an activating group) is 1. The minimum atomic E-state index is -0.922.